The van der Waals surface area contributed by atoms with E-state index in [0.717, 1.165) is 16.9 Å². The minimum atomic E-state index is -0.133. The van der Waals surface area contributed by atoms with Crippen LogP contribution in [0.1, 0.15) is 23.6 Å². The molecule has 2 aromatic carbocycles. The Labute approximate surface area is 159 Å². The highest BCUT2D eigenvalue weighted by Crippen LogP contribution is 2.28. The standard InChI is InChI=1S/C22H24N2O3/c1-16-9-10-21(27-3)19(13-16)23-22(25)15-20(24-11-4-5-12-24)17-7-6-8-18(14-17)26-2/h4-14,20H,15H2,1-3H3,(H,23,25)/t20-/m1/s1. The first kappa shape index (κ1) is 18.6. The highest BCUT2D eigenvalue weighted by atomic mass is 16.5. The van der Waals surface area contributed by atoms with Gasteiger partial charge in [-0.2, -0.15) is 0 Å². The van der Waals surface area contributed by atoms with E-state index in [1.807, 2.05) is 78.5 Å². The lowest BCUT2D eigenvalue weighted by Crippen LogP contribution is -2.20. The maximum absolute atomic E-state index is 12.8. The number of carbonyl (C=O) groups is 1. The normalized spacial score (nSPS) is 11.7. The molecule has 0 aliphatic rings. The molecule has 1 amide bonds. The smallest absolute Gasteiger partial charge is 0.226 e. The van der Waals surface area contributed by atoms with Gasteiger partial charge in [-0.1, -0.05) is 18.2 Å². The van der Waals surface area contributed by atoms with Crippen molar-refractivity contribution in [1.29, 1.82) is 0 Å². The molecule has 0 radical (unpaired) electrons. The highest BCUT2D eigenvalue weighted by molar-refractivity contribution is 5.92. The molecule has 0 bridgehead atoms. The van der Waals surface area contributed by atoms with E-state index in [0.29, 0.717) is 17.9 Å². The maximum Gasteiger partial charge on any atom is 0.226 e. The number of methoxy groups -OCH3 is 2. The molecular formula is C22H24N2O3. The molecular weight excluding hydrogens is 340 g/mol. The summed E-state index contributed by atoms with van der Waals surface area (Å²) in [5.41, 5.74) is 2.75. The molecule has 3 rings (SSSR count). The van der Waals surface area contributed by atoms with Crippen molar-refractivity contribution >= 4 is 11.6 Å². The van der Waals surface area contributed by atoms with Gasteiger partial charge in [-0.15, -0.1) is 0 Å². The Morgan fingerprint density at radius 1 is 1.04 bits per heavy atom. The van der Waals surface area contributed by atoms with Crippen LogP contribution in [0.15, 0.2) is 67.0 Å². The van der Waals surface area contributed by atoms with Gasteiger partial charge in [-0.25, -0.2) is 0 Å². The Morgan fingerprint density at radius 2 is 1.81 bits per heavy atom. The summed E-state index contributed by atoms with van der Waals surface area (Å²) in [6, 6.07) is 17.3. The molecule has 0 saturated carbocycles. The largest absolute Gasteiger partial charge is 0.497 e. The van der Waals surface area contributed by atoms with E-state index in [1.165, 1.54) is 0 Å². The number of hydrogen-bond donors (Lipinski definition) is 1. The Hall–Kier alpha value is -3.21. The van der Waals surface area contributed by atoms with Crippen LogP contribution in [0.25, 0.3) is 0 Å². The summed E-state index contributed by atoms with van der Waals surface area (Å²) in [5.74, 6) is 1.33. The van der Waals surface area contributed by atoms with E-state index in [1.54, 1.807) is 14.2 Å². The second-order valence-electron chi connectivity index (χ2n) is 6.38. The van der Waals surface area contributed by atoms with E-state index in [2.05, 4.69) is 5.32 Å². The number of carbonyl (C=O) groups excluding carboxylic acids is 1. The molecule has 0 aliphatic carbocycles. The zero-order valence-corrected chi connectivity index (χ0v) is 15.8. The summed E-state index contributed by atoms with van der Waals surface area (Å²) in [5, 5.41) is 2.98. The van der Waals surface area contributed by atoms with Gasteiger partial charge in [0.1, 0.15) is 11.5 Å². The molecule has 27 heavy (non-hydrogen) atoms. The number of amides is 1. The average Bonchev–Trinajstić information content (AvgIpc) is 3.21. The van der Waals surface area contributed by atoms with Crippen LogP contribution < -0.4 is 14.8 Å². The monoisotopic (exact) mass is 364 g/mol. The first-order chi connectivity index (χ1) is 13.1. The van der Waals surface area contributed by atoms with Crippen molar-refractivity contribution < 1.29 is 14.3 Å². The number of anilines is 1. The summed E-state index contributed by atoms with van der Waals surface area (Å²) >= 11 is 0. The Balaban J connectivity index is 1.84. The van der Waals surface area contributed by atoms with Crippen LogP contribution in [-0.4, -0.2) is 24.7 Å². The first-order valence-corrected chi connectivity index (χ1v) is 8.81. The molecule has 3 aromatic rings. The fourth-order valence-electron chi connectivity index (χ4n) is 3.10. The van der Waals surface area contributed by atoms with Crippen LogP contribution in [-0.2, 0) is 4.79 Å². The maximum atomic E-state index is 12.8. The number of aryl methyl sites for hydroxylation is 1. The number of rotatable bonds is 7. The van der Waals surface area contributed by atoms with Crippen molar-refractivity contribution in [2.24, 2.45) is 0 Å². The van der Waals surface area contributed by atoms with E-state index in [-0.39, 0.29) is 11.9 Å². The van der Waals surface area contributed by atoms with Crippen LogP contribution in [0, 0.1) is 6.92 Å². The SMILES string of the molecule is COc1cccc([C@@H](CC(=O)Nc2cc(C)ccc2OC)n2cccc2)c1. The topological polar surface area (TPSA) is 52.5 Å². The van der Waals surface area contributed by atoms with Crippen LogP contribution in [0.5, 0.6) is 11.5 Å². The van der Waals surface area contributed by atoms with Gasteiger partial charge in [0.15, 0.2) is 0 Å². The van der Waals surface area contributed by atoms with E-state index in [4.69, 9.17) is 9.47 Å². The minimum absolute atomic E-state index is 0.0829. The summed E-state index contributed by atoms with van der Waals surface area (Å²) in [4.78, 5) is 12.8. The van der Waals surface area contributed by atoms with Crippen molar-refractivity contribution in [2.45, 2.75) is 19.4 Å². The zero-order valence-electron chi connectivity index (χ0n) is 15.8. The third-order valence-electron chi connectivity index (χ3n) is 4.47. The van der Waals surface area contributed by atoms with Gasteiger partial charge in [-0.05, 0) is 54.4 Å². The van der Waals surface area contributed by atoms with E-state index in [9.17, 15) is 4.79 Å². The molecule has 0 spiro atoms. The molecule has 1 aromatic heterocycles. The van der Waals surface area contributed by atoms with Gasteiger partial charge in [0.25, 0.3) is 0 Å². The van der Waals surface area contributed by atoms with Crippen LogP contribution in [0.4, 0.5) is 5.69 Å². The van der Waals surface area contributed by atoms with Crippen LogP contribution in [0.3, 0.4) is 0 Å². The van der Waals surface area contributed by atoms with Crippen molar-refractivity contribution in [3.05, 3.63) is 78.1 Å². The van der Waals surface area contributed by atoms with Gasteiger partial charge in [-0.3, -0.25) is 4.79 Å². The van der Waals surface area contributed by atoms with Gasteiger partial charge in [0.05, 0.1) is 32.4 Å². The molecule has 140 valence electrons. The minimum Gasteiger partial charge on any atom is -0.497 e. The molecule has 5 heteroatoms. The van der Waals surface area contributed by atoms with Gasteiger partial charge in [0, 0.05) is 12.4 Å². The Morgan fingerprint density at radius 3 is 2.52 bits per heavy atom. The molecule has 1 N–H and O–H groups in total. The molecule has 0 fully saturated rings. The van der Waals surface area contributed by atoms with E-state index < -0.39 is 0 Å². The fourth-order valence-corrected chi connectivity index (χ4v) is 3.10. The third kappa shape index (κ3) is 4.50. The molecule has 5 nitrogen and oxygen atoms in total. The second kappa shape index (κ2) is 8.45. The highest BCUT2D eigenvalue weighted by Gasteiger charge is 2.19. The van der Waals surface area contributed by atoms with Crippen molar-refractivity contribution in [1.82, 2.24) is 4.57 Å². The van der Waals surface area contributed by atoms with Crippen molar-refractivity contribution in [3.8, 4) is 11.5 Å². The average molecular weight is 364 g/mol. The number of aromatic nitrogens is 1. The summed E-state index contributed by atoms with van der Waals surface area (Å²) in [7, 11) is 3.24. The lowest BCUT2D eigenvalue weighted by molar-refractivity contribution is -0.116. The van der Waals surface area contributed by atoms with Gasteiger partial charge >= 0.3 is 0 Å². The summed E-state index contributed by atoms with van der Waals surface area (Å²) in [6.07, 6.45) is 4.22. The Kier molecular flexibility index (Phi) is 5.81. The molecule has 1 heterocycles. The number of benzene rings is 2. The zero-order chi connectivity index (χ0) is 19.2. The van der Waals surface area contributed by atoms with Crippen molar-refractivity contribution in [3.63, 3.8) is 0 Å². The lowest BCUT2D eigenvalue weighted by Gasteiger charge is -2.20. The van der Waals surface area contributed by atoms with Crippen LogP contribution in [0.2, 0.25) is 0 Å². The molecule has 0 unspecified atom stereocenters. The summed E-state index contributed by atoms with van der Waals surface area (Å²) in [6.45, 7) is 1.98. The summed E-state index contributed by atoms with van der Waals surface area (Å²) < 4.78 is 12.7. The molecule has 0 saturated heterocycles. The number of nitrogens with one attached hydrogen (secondary N) is 1. The predicted molar refractivity (Wildman–Crippen MR) is 107 cm³/mol. The number of ether oxygens (including phenoxy) is 2. The van der Waals surface area contributed by atoms with E-state index >= 15 is 0 Å². The van der Waals surface area contributed by atoms with Crippen LogP contribution >= 0.6 is 0 Å². The number of nitrogens with zero attached hydrogens (tertiary/aromatic N) is 1. The van der Waals surface area contributed by atoms with Crippen molar-refractivity contribution in [2.75, 3.05) is 19.5 Å². The molecule has 0 aliphatic heterocycles. The third-order valence-corrected chi connectivity index (χ3v) is 4.47. The molecule has 1 atom stereocenters. The quantitative estimate of drug-likeness (QED) is 0.675. The fraction of sp³-hybridized carbons (Fsp3) is 0.227. The van der Waals surface area contributed by atoms with Gasteiger partial charge in [0.2, 0.25) is 5.91 Å². The number of hydrogen-bond acceptors (Lipinski definition) is 3. The first-order valence-electron chi connectivity index (χ1n) is 8.81. The lowest BCUT2D eigenvalue weighted by atomic mass is 10.0. The predicted octanol–water partition coefficient (Wildman–Crippen LogP) is 4.43. The second-order valence-corrected chi connectivity index (χ2v) is 6.38. The van der Waals surface area contributed by atoms with Gasteiger partial charge < -0.3 is 19.4 Å². The Bertz CT molecular complexity index is 904.